The molecule has 14 nitrogen and oxygen atoms in total. The molecule has 0 aliphatic rings. The molecule has 0 rings (SSSR count). The Hall–Kier alpha value is -0.996. The van der Waals surface area contributed by atoms with E-state index >= 15 is 0 Å². The Morgan fingerprint density at radius 1 is 0.818 bits per heavy atom. The Bertz CT molecular complexity index is 260. The van der Waals surface area contributed by atoms with E-state index < -0.39 is 17.8 Å². The summed E-state index contributed by atoms with van der Waals surface area (Å²) in [6, 6.07) is -0.912. The van der Waals surface area contributed by atoms with E-state index in [0.717, 1.165) is 5.01 Å². The summed E-state index contributed by atoms with van der Waals surface area (Å²) in [6.45, 7) is -0.653. The first-order chi connectivity index (χ1) is 6.99. The summed E-state index contributed by atoms with van der Waals surface area (Å²) in [7, 11) is 0. The van der Waals surface area contributed by atoms with Crippen molar-refractivity contribution in [3.8, 4) is 0 Å². The van der Waals surface area contributed by atoms with E-state index in [1.54, 1.807) is 0 Å². The molecule has 0 aromatic rings. The molecule has 0 fully saturated rings. The van der Waals surface area contributed by atoms with Crippen molar-refractivity contribution in [3.05, 3.63) is 0 Å². The zero-order valence-electron chi connectivity index (χ0n) is 10.9. The van der Waals surface area contributed by atoms with Crippen LogP contribution in [-0.4, -0.2) is 57.8 Å². The molecule has 17 heteroatoms. The van der Waals surface area contributed by atoms with Gasteiger partial charge in [-0.15, -0.1) is 0 Å². The van der Waals surface area contributed by atoms with Gasteiger partial charge in [0.1, 0.15) is 0 Å². The van der Waals surface area contributed by atoms with E-state index in [4.69, 9.17) is 17.4 Å². The van der Waals surface area contributed by atoms with Crippen LogP contribution in [-0.2, 0) is 26.1 Å². The van der Waals surface area contributed by atoms with Crippen LogP contribution in [0, 0.1) is 0 Å². The van der Waals surface area contributed by atoms with Crippen LogP contribution in [0.1, 0.15) is 0 Å². The van der Waals surface area contributed by atoms with Crippen LogP contribution in [0.4, 0.5) is 4.79 Å². The van der Waals surface area contributed by atoms with Gasteiger partial charge in [0.2, 0.25) is 11.8 Å². The SMILES string of the molecule is NNC(=O)CN(CC(=O)NN)NC(N)=O.O.O.O.O.[Cl-].[Cl-].[Ni+2]. The summed E-state index contributed by atoms with van der Waals surface area (Å²) in [5.74, 6) is 8.43. The summed E-state index contributed by atoms with van der Waals surface area (Å²) in [5.41, 5.74) is 10.5. The predicted molar refractivity (Wildman–Crippen MR) is 63.4 cm³/mol. The fraction of sp³-hybridized carbons (Fsp3) is 0.400. The third kappa shape index (κ3) is 27.4. The first kappa shape index (κ1) is 49.7. The maximum Gasteiger partial charge on any atom is 2.00 e. The number of primary amides is 1. The van der Waals surface area contributed by atoms with Gasteiger partial charge in [0.25, 0.3) is 0 Å². The van der Waals surface area contributed by atoms with Gasteiger partial charge in [-0.2, -0.15) is 0 Å². The molecule has 0 aliphatic heterocycles. The molecule has 0 aromatic carbocycles. The molecule has 4 amide bonds. The van der Waals surface area contributed by atoms with E-state index in [0.29, 0.717) is 0 Å². The minimum absolute atomic E-state index is 0. The van der Waals surface area contributed by atoms with Gasteiger partial charge in [0.15, 0.2) is 0 Å². The Balaban J connectivity index is -0.0000000467. The first-order valence-electron chi connectivity index (χ1n) is 3.79. The molecule has 0 aliphatic carbocycles. The number of rotatable bonds is 5. The molecule has 0 saturated carbocycles. The van der Waals surface area contributed by atoms with Gasteiger partial charge in [-0.3, -0.25) is 25.9 Å². The number of nitrogens with zero attached hydrogens (tertiary/aromatic N) is 1. The normalized spacial score (nSPS) is 6.50. The van der Waals surface area contributed by atoms with E-state index in [1.165, 1.54) is 0 Å². The van der Waals surface area contributed by atoms with Crippen molar-refractivity contribution in [2.24, 2.45) is 17.4 Å². The van der Waals surface area contributed by atoms with E-state index in [-0.39, 0.29) is 76.3 Å². The minimum atomic E-state index is -0.912. The number of hydrazine groups is 3. The second-order valence-corrected chi connectivity index (χ2v) is 2.47. The summed E-state index contributed by atoms with van der Waals surface area (Å²) < 4.78 is 0. The molecule has 0 atom stereocenters. The van der Waals surface area contributed by atoms with Crippen molar-refractivity contribution in [2.75, 3.05) is 13.1 Å². The fourth-order valence-electron chi connectivity index (χ4n) is 0.729. The topological polar surface area (TPSA) is 295 Å². The number of urea groups is 1. The van der Waals surface area contributed by atoms with Gasteiger partial charge in [0.05, 0.1) is 13.1 Å². The molecule has 0 spiro atoms. The van der Waals surface area contributed by atoms with Crippen molar-refractivity contribution < 1.29 is 77.6 Å². The summed E-state index contributed by atoms with van der Waals surface area (Å²) >= 11 is 0. The second kappa shape index (κ2) is 28.2. The van der Waals surface area contributed by atoms with Crippen LogP contribution in [0.3, 0.4) is 0 Å². The molecule has 0 radical (unpaired) electrons. The summed E-state index contributed by atoms with van der Waals surface area (Å²) in [5, 5.41) is 0.951. The number of hydrogen-bond donors (Lipinski definition) is 6. The van der Waals surface area contributed by atoms with Crippen LogP contribution in [0.2, 0.25) is 0 Å². The van der Waals surface area contributed by atoms with Crippen molar-refractivity contribution >= 4 is 17.8 Å². The number of amides is 4. The predicted octanol–water partition coefficient (Wildman–Crippen LogP) is -13.4. The average molecular weight is 421 g/mol. The Kier molecular flexibility index (Phi) is 63.7. The van der Waals surface area contributed by atoms with Crippen LogP contribution >= 0.6 is 0 Å². The maximum atomic E-state index is 10.8. The van der Waals surface area contributed by atoms with Gasteiger partial charge in [-0.1, -0.05) is 0 Å². The number of nitrogens with two attached hydrogens (primary N) is 3. The number of carbonyl (C=O) groups excluding carboxylic acids is 3. The molecule has 17 N–H and O–H groups in total. The summed E-state index contributed by atoms with van der Waals surface area (Å²) in [4.78, 5) is 32.2. The van der Waals surface area contributed by atoms with Crippen LogP contribution in [0.15, 0.2) is 0 Å². The van der Waals surface area contributed by atoms with Gasteiger partial charge in [-0.05, 0) is 0 Å². The van der Waals surface area contributed by atoms with E-state index in [9.17, 15) is 14.4 Å². The van der Waals surface area contributed by atoms with Gasteiger partial charge in [-0.25, -0.2) is 21.5 Å². The fourth-order valence-corrected chi connectivity index (χ4v) is 0.729. The molecule has 22 heavy (non-hydrogen) atoms. The molecular formula is C5H21Cl2N7NiO7. The number of hydrogen-bond acceptors (Lipinski definition) is 6. The molecule has 0 heterocycles. The third-order valence-electron chi connectivity index (χ3n) is 1.26. The van der Waals surface area contributed by atoms with Crippen molar-refractivity contribution in [1.82, 2.24) is 21.3 Å². The number of nitrogens with one attached hydrogen (secondary N) is 3. The molecule has 0 unspecified atom stereocenters. The zero-order valence-corrected chi connectivity index (χ0v) is 13.4. The molecule has 0 saturated heterocycles. The van der Waals surface area contributed by atoms with E-state index in [2.05, 4.69) is 0 Å². The smallest absolute Gasteiger partial charge is 1.00 e. The van der Waals surface area contributed by atoms with Crippen LogP contribution in [0.5, 0.6) is 0 Å². The molecule has 0 bridgehead atoms. The van der Waals surface area contributed by atoms with Crippen molar-refractivity contribution in [1.29, 1.82) is 0 Å². The second-order valence-electron chi connectivity index (χ2n) is 2.47. The van der Waals surface area contributed by atoms with Crippen LogP contribution in [0.25, 0.3) is 0 Å². The van der Waals surface area contributed by atoms with Crippen molar-refractivity contribution in [3.63, 3.8) is 0 Å². The van der Waals surface area contributed by atoms with Gasteiger partial charge in [0, 0.05) is 0 Å². The van der Waals surface area contributed by atoms with Crippen molar-refractivity contribution in [2.45, 2.75) is 0 Å². The standard InChI is InChI=1S/C5H13N7O3.2ClH.Ni.4H2O/c6-5(15)11-12(1-3(13)9-7)2-4(14)10-8;;;;;;;/h1-2,7-8H2,(H,9,13)(H,10,14)(H3,6,11,15);2*1H;;4*1H2/q;;;+2;;;;/p-2. The first-order valence-corrected chi connectivity index (χ1v) is 3.79. The quantitative estimate of drug-likeness (QED) is 0.108. The maximum absolute atomic E-state index is 10.8. The van der Waals surface area contributed by atoms with Gasteiger partial charge >= 0.3 is 22.5 Å². The molecular weight excluding hydrogens is 400 g/mol. The summed E-state index contributed by atoms with van der Waals surface area (Å²) in [6.07, 6.45) is 0. The van der Waals surface area contributed by atoms with Crippen LogP contribution < -0.4 is 58.5 Å². The Morgan fingerprint density at radius 2 is 1.09 bits per heavy atom. The third-order valence-corrected chi connectivity index (χ3v) is 1.26. The number of halogens is 2. The largest absolute Gasteiger partial charge is 2.00 e. The van der Waals surface area contributed by atoms with E-state index in [1.807, 2.05) is 16.3 Å². The van der Waals surface area contributed by atoms with Gasteiger partial charge < -0.3 is 52.5 Å². The number of carbonyl (C=O) groups is 3. The average Bonchev–Trinajstić information content (AvgIpc) is 2.16. The Morgan fingerprint density at radius 3 is 1.27 bits per heavy atom. The molecule has 142 valence electrons. The monoisotopic (exact) mass is 419 g/mol. The molecule has 0 aromatic heterocycles. The minimum Gasteiger partial charge on any atom is -1.00 e. The zero-order chi connectivity index (χ0) is 11.8. The Labute approximate surface area is 147 Å².